The van der Waals surface area contributed by atoms with Crippen molar-refractivity contribution in [1.82, 2.24) is 25.8 Å². The zero-order chi connectivity index (χ0) is 22.2. The van der Waals surface area contributed by atoms with E-state index >= 15 is 0 Å². The number of nitrogens with zero attached hydrogens (tertiary/aromatic N) is 2. The number of carbonyl (C=O) groups is 1. The van der Waals surface area contributed by atoms with E-state index in [-0.39, 0.29) is 23.6 Å². The lowest BCUT2D eigenvalue weighted by Crippen LogP contribution is -2.39. The van der Waals surface area contributed by atoms with Gasteiger partial charge in [-0.05, 0) is 49.7 Å². The number of H-pyrrole nitrogens is 1. The molecule has 32 heavy (non-hydrogen) atoms. The fraction of sp³-hybridized carbons (Fsp3) is 0.240. The van der Waals surface area contributed by atoms with E-state index in [0.29, 0.717) is 23.4 Å². The number of amides is 1. The predicted octanol–water partition coefficient (Wildman–Crippen LogP) is 3.43. The van der Waals surface area contributed by atoms with Crippen LogP contribution in [0.4, 0.5) is 0 Å². The van der Waals surface area contributed by atoms with E-state index in [9.17, 15) is 9.90 Å². The fourth-order valence-electron chi connectivity index (χ4n) is 4.37. The number of benzene rings is 2. The maximum absolute atomic E-state index is 13.5. The second kappa shape index (κ2) is 8.09. The summed E-state index contributed by atoms with van der Waals surface area (Å²) in [6.07, 6.45) is 0. The van der Waals surface area contributed by atoms with Crippen LogP contribution >= 0.6 is 0 Å². The highest BCUT2D eigenvalue weighted by Crippen LogP contribution is 2.28. The van der Waals surface area contributed by atoms with Gasteiger partial charge in [-0.15, -0.1) is 0 Å². The van der Waals surface area contributed by atoms with Crippen molar-refractivity contribution in [3.05, 3.63) is 77.0 Å². The van der Waals surface area contributed by atoms with Crippen LogP contribution in [0.3, 0.4) is 0 Å². The lowest BCUT2D eigenvalue weighted by Gasteiger charge is -2.21. The molecule has 3 heterocycles. The highest BCUT2D eigenvalue weighted by Gasteiger charge is 2.30. The molecule has 5 rings (SSSR count). The Morgan fingerprint density at radius 2 is 1.81 bits per heavy atom. The fourth-order valence-corrected chi connectivity index (χ4v) is 4.37. The molecule has 1 aliphatic rings. The second-order valence-electron chi connectivity index (χ2n) is 8.40. The third kappa shape index (κ3) is 3.71. The highest BCUT2D eigenvalue weighted by atomic mass is 16.3. The number of hydrogen-bond donors (Lipinski definition) is 4. The number of nitrogens with one attached hydrogen (secondary N) is 3. The maximum Gasteiger partial charge on any atom is 0.252 e. The molecule has 0 radical (unpaired) electrons. The third-order valence-corrected chi connectivity index (χ3v) is 6.15. The monoisotopic (exact) mass is 427 g/mol. The van der Waals surface area contributed by atoms with Crippen molar-refractivity contribution in [2.45, 2.75) is 25.8 Å². The van der Waals surface area contributed by atoms with Crippen LogP contribution in [0.1, 0.15) is 33.1 Å². The van der Waals surface area contributed by atoms with Crippen molar-refractivity contribution < 1.29 is 9.90 Å². The summed E-state index contributed by atoms with van der Waals surface area (Å²) >= 11 is 0. The van der Waals surface area contributed by atoms with Gasteiger partial charge < -0.3 is 15.7 Å². The molecule has 2 aromatic carbocycles. The van der Waals surface area contributed by atoms with E-state index in [1.165, 1.54) is 11.1 Å². The number of carbonyl (C=O) groups excluding carboxylic acids is 1. The Bertz CT molecular complexity index is 1280. The number of aryl methyl sites for hydroxylation is 2. The Morgan fingerprint density at radius 3 is 2.56 bits per heavy atom. The SMILES string of the molecule is Cc1ccc([C@H]2CNC[C@@H]2NC(=O)c2cc(-c3ccc(O)cc3)nc3n[nH]c(C)c23)cc1. The molecule has 4 N–H and O–H groups in total. The van der Waals surface area contributed by atoms with E-state index in [1.807, 2.05) is 6.92 Å². The normalized spacial score (nSPS) is 18.2. The molecule has 2 aromatic heterocycles. The van der Waals surface area contributed by atoms with Crippen molar-refractivity contribution in [1.29, 1.82) is 0 Å². The Labute approximate surface area is 185 Å². The van der Waals surface area contributed by atoms with Crippen LogP contribution in [0, 0.1) is 13.8 Å². The minimum Gasteiger partial charge on any atom is -0.508 e. The molecular formula is C25H25N5O2. The van der Waals surface area contributed by atoms with Crippen LogP contribution in [0.5, 0.6) is 5.75 Å². The first kappa shape index (κ1) is 20.2. The number of fused-ring (bicyclic) bond motifs is 1. The average Bonchev–Trinajstić information content (AvgIpc) is 3.41. The molecular weight excluding hydrogens is 402 g/mol. The van der Waals surface area contributed by atoms with Crippen LogP contribution in [0.25, 0.3) is 22.3 Å². The molecule has 7 heteroatoms. The molecule has 1 aliphatic heterocycles. The maximum atomic E-state index is 13.5. The third-order valence-electron chi connectivity index (χ3n) is 6.15. The summed E-state index contributed by atoms with van der Waals surface area (Å²) in [4.78, 5) is 18.1. The van der Waals surface area contributed by atoms with Gasteiger partial charge in [0.1, 0.15) is 5.75 Å². The van der Waals surface area contributed by atoms with Crippen molar-refractivity contribution in [3.8, 4) is 17.0 Å². The summed E-state index contributed by atoms with van der Waals surface area (Å²) in [6.45, 7) is 5.50. The number of hydrogen-bond acceptors (Lipinski definition) is 5. The topological polar surface area (TPSA) is 103 Å². The summed E-state index contributed by atoms with van der Waals surface area (Å²) in [5.74, 6) is 0.242. The molecule has 1 fully saturated rings. The van der Waals surface area contributed by atoms with Crippen LogP contribution in [0.2, 0.25) is 0 Å². The molecule has 0 aliphatic carbocycles. The standard InChI is InChI=1S/C25H25N5O2/c1-14-3-5-16(6-4-14)20-12-26-13-22(20)28-25(32)19-11-21(17-7-9-18(31)10-8-17)27-24-23(19)15(2)29-30-24/h3-11,20,22,26,31H,12-13H2,1-2H3,(H,28,32)(H,27,29,30)/t20-,22+/m1/s1. The van der Waals surface area contributed by atoms with Crippen LogP contribution in [0.15, 0.2) is 54.6 Å². The highest BCUT2D eigenvalue weighted by molar-refractivity contribution is 6.07. The van der Waals surface area contributed by atoms with E-state index in [4.69, 9.17) is 0 Å². The molecule has 2 atom stereocenters. The van der Waals surface area contributed by atoms with Gasteiger partial charge in [-0.25, -0.2) is 4.98 Å². The first-order chi connectivity index (χ1) is 15.5. The van der Waals surface area contributed by atoms with Crippen molar-refractivity contribution in [3.63, 3.8) is 0 Å². The van der Waals surface area contributed by atoms with Gasteiger partial charge in [-0.2, -0.15) is 5.10 Å². The van der Waals surface area contributed by atoms with Gasteiger partial charge in [0, 0.05) is 36.3 Å². The van der Waals surface area contributed by atoms with Gasteiger partial charge in [-0.1, -0.05) is 29.8 Å². The van der Waals surface area contributed by atoms with Gasteiger partial charge in [-0.3, -0.25) is 9.89 Å². The van der Waals surface area contributed by atoms with E-state index in [0.717, 1.165) is 23.2 Å². The number of phenols is 1. The largest absolute Gasteiger partial charge is 0.508 e. The molecule has 0 saturated carbocycles. The molecule has 1 amide bonds. The van der Waals surface area contributed by atoms with E-state index < -0.39 is 0 Å². The number of rotatable bonds is 4. The van der Waals surface area contributed by atoms with E-state index in [2.05, 4.69) is 57.0 Å². The summed E-state index contributed by atoms with van der Waals surface area (Å²) in [6, 6.07) is 17.0. The Hall–Kier alpha value is -3.71. The lowest BCUT2D eigenvalue weighted by molar-refractivity contribution is 0.0938. The number of aromatic amines is 1. The minimum absolute atomic E-state index is 0.0160. The van der Waals surface area contributed by atoms with Crippen LogP contribution < -0.4 is 10.6 Å². The van der Waals surface area contributed by atoms with E-state index in [1.54, 1.807) is 30.3 Å². The molecule has 7 nitrogen and oxygen atoms in total. The van der Waals surface area contributed by atoms with Crippen LogP contribution in [-0.2, 0) is 0 Å². The van der Waals surface area contributed by atoms with Gasteiger partial charge in [0.2, 0.25) is 0 Å². The van der Waals surface area contributed by atoms with Gasteiger partial charge in [0.15, 0.2) is 5.65 Å². The van der Waals surface area contributed by atoms with Crippen molar-refractivity contribution in [2.75, 3.05) is 13.1 Å². The summed E-state index contributed by atoms with van der Waals surface area (Å²) < 4.78 is 0. The summed E-state index contributed by atoms with van der Waals surface area (Å²) in [5.41, 5.74) is 5.71. The zero-order valence-corrected chi connectivity index (χ0v) is 18.0. The summed E-state index contributed by atoms with van der Waals surface area (Å²) in [7, 11) is 0. The number of phenolic OH excluding ortho intramolecular Hbond substituents is 1. The zero-order valence-electron chi connectivity index (χ0n) is 18.0. The molecule has 1 saturated heterocycles. The summed E-state index contributed by atoms with van der Waals surface area (Å²) in [5, 5.41) is 24.2. The van der Waals surface area contributed by atoms with Crippen LogP contribution in [-0.4, -0.2) is 45.3 Å². The Balaban J connectivity index is 1.49. The van der Waals surface area contributed by atoms with Gasteiger partial charge >= 0.3 is 0 Å². The predicted molar refractivity (Wildman–Crippen MR) is 124 cm³/mol. The van der Waals surface area contributed by atoms with Gasteiger partial charge in [0.25, 0.3) is 5.91 Å². The minimum atomic E-state index is -0.146. The lowest BCUT2D eigenvalue weighted by atomic mass is 9.93. The molecule has 0 bridgehead atoms. The Morgan fingerprint density at radius 1 is 1.06 bits per heavy atom. The van der Waals surface area contributed by atoms with Crippen molar-refractivity contribution >= 4 is 16.9 Å². The number of aromatic hydroxyl groups is 1. The second-order valence-corrected chi connectivity index (χ2v) is 8.40. The average molecular weight is 428 g/mol. The smallest absolute Gasteiger partial charge is 0.252 e. The molecule has 4 aromatic rings. The quantitative estimate of drug-likeness (QED) is 0.400. The number of aromatic nitrogens is 3. The Kier molecular flexibility index (Phi) is 5.11. The van der Waals surface area contributed by atoms with Crippen molar-refractivity contribution in [2.24, 2.45) is 0 Å². The molecule has 0 spiro atoms. The number of pyridine rings is 1. The molecule has 162 valence electrons. The first-order valence-corrected chi connectivity index (χ1v) is 10.7. The first-order valence-electron chi connectivity index (χ1n) is 10.7. The molecule has 0 unspecified atom stereocenters. The van der Waals surface area contributed by atoms with Gasteiger partial charge in [0.05, 0.1) is 16.6 Å².